The van der Waals surface area contributed by atoms with Crippen molar-refractivity contribution < 1.29 is 4.79 Å². The number of hydrogen-bond acceptors (Lipinski definition) is 1. The Morgan fingerprint density at radius 2 is 1.72 bits per heavy atom. The summed E-state index contributed by atoms with van der Waals surface area (Å²) in [4.78, 5) is 12.6. The second kappa shape index (κ2) is 4.87. The average Bonchev–Trinajstić information content (AvgIpc) is 3.22. The first kappa shape index (κ1) is 12.0. The average molecular weight is 242 g/mol. The molecule has 2 aliphatic rings. The Kier molecular flexibility index (Phi) is 3.23. The van der Waals surface area contributed by atoms with Gasteiger partial charge in [0.05, 0.1) is 5.41 Å². The molecule has 1 heteroatoms. The maximum absolute atomic E-state index is 12.6. The summed E-state index contributed by atoms with van der Waals surface area (Å²) in [6.45, 7) is 0. The van der Waals surface area contributed by atoms with Crippen LogP contribution in [0.1, 0.15) is 56.9 Å². The number of benzene rings is 1. The van der Waals surface area contributed by atoms with Gasteiger partial charge in [0.2, 0.25) is 0 Å². The SMILES string of the molecule is O=C(CC1CCCCC1)C1(c2ccccc2)CC1. The number of carbonyl (C=O) groups is 1. The van der Waals surface area contributed by atoms with Gasteiger partial charge >= 0.3 is 0 Å². The van der Waals surface area contributed by atoms with Gasteiger partial charge in [0.25, 0.3) is 0 Å². The molecule has 1 aromatic rings. The van der Waals surface area contributed by atoms with Crippen LogP contribution in [0.5, 0.6) is 0 Å². The predicted octanol–water partition coefficient (Wildman–Crippen LogP) is 4.26. The van der Waals surface area contributed by atoms with E-state index in [1.807, 2.05) is 6.07 Å². The van der Waals surface area contributed by atoms with E-state index in [2.05, 4.69) is 24.3 Å². The summed E-state index contributed by atoms with van der Waals surface area (Å²) >= 11 is 0. The van der Waals surface area contributed by atoms with Crippen molar-refractivity contribution in [3.8, 4) is 0 Å². The molecule has 0 spiro atoms. The van der Waals surface area contributed by atoms with Crippen molar-refractivity contribution in [2.24, 2.45) is 5.92 Å². The van der Waals surface area contributed by atoms with Crippen molar-refractivity contribution in [1.82, 2.24) is 0 Å². The van der Waals surface area contributed by atoms with E-state index in [0.29, 0.717) is 11.7 Å². The predicted molar refractivity (Wildman–Crippen MR) is 73.6 cm³/mol. The van der Waals surface area contributed by atoms with Gasteiger partial charge in [0.15, 0.2) is 0 Å². The molecule has 2 saturated carbocycles. The molecule has 0 atom stereocenters. The summed E-state index contributed by atoms with van der Waals surface area (Å²) in [6.07, 6.45) is 9.55. The van der Waals surface area contributed by atoms with Gasteiger partial charge in [-0.1, -0.05) is 62.4 Å². The number of ketones is 1. The van der Waals surface area contributed by atoms with Crippen molar-refractivity contribution >= 4 is 5.78 Å². The second-order valence-corrected chi connectivity index (χ2v) is 6.08. The molecule has 2 aliphatic carbocycles. The van der Waals surface area contributed by atoms with E-state index in [1.54, 1.807) is 0 Å². The summed E-state index contributed by atoms with van der Waals surface area (Å²) < 4.78 is 0. The summed E-state index contributed by atoms with van der Waals surface area (Å²) in [5, 5.41) is 0. The van der Waals surface area contributed by atoms with Crippen molar-refractivity contribution in [2.45, 2.75) is 56.8 Å². The molecular formula is C17H22O. The fourth-order valence-corrected chi connectivity index (χ4v) is 3.46. The molecule has 0 bridgehead atoms. The topological polar surface area (TPSA) is 17.1 Å². The maximum Gasteiger partial charge on any atom is 0.143 e. The molecule has 0 aromatic heterocycles. The van der Waals surface area contributed by atoms with Gasteiger partial charge in [0.1, 0.15) is 5.78 Å². The summed E-state index contributed by atoms with van der Waals surface area (Å²) in [5.41, 5.74) is 1.17. The Labute approximate surface area is 110 Å². The van der Waals surface area contributed by atoms with E-state index >= 15 is 0 Å². The highest BCUT2D eigenvalue weighted by Gasteiger charge is 2.50. The smallest absolute Gasteiger partial charge is 0.143 e. The second-order valence-electron chi connectivity index (χ2n) is 6.08. The molecule has 96 valence electrons. The van der Waals surface area contributed by atoms with E-state index in [0.717, 1.165) is 19.3 Å². The fourth-order valence-electron chi connectivity index (χ4n) is 3.46. The first-order valence-corrected chi connectivity index (χ1v) is 7.40. The summed E-state index contributed by atoms with van der Waals surface area (Å²) in [6, 6.07) is 10.4. The minimum Gasteiger partial charge on any atom is -0.299 e. The first-order chi connectivity index (χ1) is 8.81. The lowest BCUT2D eigenvalue weighted by Crippen LogP contribution is -2.24. The highest BCUT2D eigenvalue weighted by Crippen LogP contribution is 2.50. The Morgan fingerprint density at radius 3 is 2.33 bits per heavy atom. The number of rotatable bonds is 4. The number of Topliss-reactive ketones (excluding diaryl/α,β-unsaturated/α-hetero) is 1. The third-order valence-corrected chi connectivity index (χ3v) is 4.81. The molecule has 0 N–H and O–H groups in total. The molecule has 0 saturated heterocycles. The van der Waals surface area contributed by atoms with Crippen LogP contribution in [0, 0.1) is 5.92 Å². The van der Waals surface area contributed by atoms with Crippen LogP contribution in [0.25, 0.3) is 0 Å². The third kappa shape index (κ3) is 2.23. The zero-order valence-electron chi connectivity index (χ0n) is 11.0. The maximum atomic E-state index is 12.6. The molecule has 1 nitrogen and oxygen atoms in total. The normalized spacial score (nSPS) is 22.7. The van der Waals surface area contributed by atoms with Crippen LogP contribution in [0.3, 0.4) is 0 Å². The third-order valence-electron chi connectivity index (χ3n) is 4.81. The lowest BCUT2D eigenvalue weighted by molar-refractivity contribution is -0.122. The zero-order valence-corrected chi connectivity index (χ0v) is 11.0. The Balaban J connectivity index is 1.68. The highest BCUT2D eigenvalue weighted by atomic mass is 16.1. The van der Waals surface area contributed by atoms with Gasteiger partial charge in [-0.2, -0.15) is 0 Å². The minimum absolute atomic E-state index is 0.0846. The van der Waals surface area contributed by atoms with Gasteiger partial charge in [-0.3, -0.25) is 4.79 Å². The van der Waals surface area contributed by atoms with Gasteiger partial charge in [0, 0.05) is 6.42 Å². The van der Waals surface area contributed by atoms with Crippen molar-refractivity contribution in [3.05, 3.63) is 35.9 Å². The molecule has 1 aromatic carbocycles. The Hall–Kier alpha value is -1.11. The van der Waals surface area contributed by atoms with Gasteiger partial charge in [-0.15, -0.1) is 0 Å². The summed E-state index contributed by atoms with van der Waals surface area (Å²) in [7, 11) is 0. The Bertz CT molecular complexity index is 410. The van der Waals surface area contributed by atoms with E-state index in [1.165, 1.54) is 37.7 Å². The first-order valence-electron chi connectivity index (χ1n) is 7.40. The lowest BCUT2D eigenvalue weighted by Gasteiger charge is -2.23. The zero-order chi connectivity index (χ0) is 12.4. The van der Waals surface area contributed by atoms with E-state index in [4.69, 9.17) is 0 Å². The monoisotopic (exact) mass is 242 g/mol. The molecule has 0 unspecified atom stereocenters. The van der Waals surface area contributed by atoms with Gasteiger partial charge in [-0.25, -0.2) is 0 Å². The van der Waals surface area contributed by atoms with Crippen LogP contribution in [0.4, 0.5) is 0 Å². The van der Waals surface area contributed by atoms with Crippen molar-refractivity contribution in [2.75, 3.05) is 0 Å². The van der Waals surface area contributed by atoms with Gasteiger partial charge < -0.3 is 0 Å². The van der Waals surface area contributed by atoms with Crippen molar-refractivity contribution in [3.63, 3.8) is 0 Å². The minimum atomic E-state index is -0.0846. The molecule has 18 heavy (non-hydrogen) atoms. The quantitative estimate of drug-likeness (QED) is 0.771. The number of carbonyl (C=O) groups excluding carboxylic acids is 1. The summed E-state index contributed by atoms with van der Waals surface area (Å²) in [5.74, 6) is 1.19. The van der Waals surface area contributed by atoms with Crippen LogP contribution in [-0.4, -0.2) is 5.78 Å². The molecule has 3 rings (SSSR count). The Morgan fingerprint density at radius 1 is 1.06 bits per heavy atom. The fraction of sp³-hybridized carbons (Fsp3) is 0.588. The van der Waals surface area contributed by atoms with Crippen LogP contribution in [0.2, 0.25) is 0 Å². The van der Waals surface area contributed by atoms with E-state index in [-0.39, 0.29) is 5.41 Å². The van der Waals surface area contributed by atoms with Crippen molar-refractivity contribution in [1.29, 1.82) is 0 Å². The molecule has 0 radical (unpaired) electrons. The van der Waals surface area contributed by atoms with Crippen LogP contribution in [-0.2, 0) is 10.2 Å². The molecule has 2 fully saturated rings. The highest BCUT2D eigenvalue weighted by molar-refractivity contribution is 5.93. The molecular weight excluding hydrogens is 220 g/mol. The van der Waals surface area contributed by atoms with E-state index < -0.39 is 0 Å². The molecule has 0 heterocycles. The standard InChI is InChI=1S/C17H22O/c18-16(13-14-7-3-1-4-8-14)17(11-12-17)15-9-5-2-6-10-15/h2,5-6,9-10,14H,1,3-4,7-8,11-13H2. The lowest BCUT2D eigenvalue weighted by atomic mass is 9.80. The van der Waals surface area contributed by atoms with Crippen LogP contribution < -0.4 is 0 Å². The van der Waals surface area contributed by atoms with Crippen LogP contribution in [0.15, 0.2) is 30.3 Å². The van der Waals surface area contributed by atoms with Gasteiger partial charge in [-0.05, 0) is 24.3 Å². The van der Waals surface area contributed by atoms with E-state index in [9.17, 15) is 4.79 Å². The largest absolute Gasteiger partial charge is 0.299 e. The van der Waals surface area contributed by atoms with Crippen LogP contribution >= 0.6 is 0 Å². The molecule has 0 aliphatic heterocycles. The molecule has 0 amide bonds. The number of hydrogen-bond donors (Lipinski definition) is 0.